The molecule has 0 fully saturated rings. The highest BCUT2D eigenvalue weighted by molar-refractivity contribution is 7.88. The van der Waals surface area contributed by atoms with Crippen molar-refractivity contribution >= 4 is 10.1 Å². The summed E-state index contributed by atoms with van der Waals surface area (Å²) in [6.07, 6.45) is 0. The Kier molecular flexibility index (Phi) is 6.22. The number of nitrogens with two attached hydrogens (primary N) is 2. The van der Waals surface area contributed by atoms with Crippen LogP contribution in [0.5, 0.6) is 0 Å². The van der Waals surface area contributed by atoms with Crippen LogP contribution < -0.4 is 11.7 Å². The molecule has 0 bridgehead atoms. The fraction of sp³-hybridized carbons (Fsp3) is 0. The van der Waals surface area contributed by atoms with Gasteiger partial charge in [0.1, 0.15) is 0 Å². The van der Waals surface area contributed by atoms with E-state index < -0.39 is 10.1 Å². The summed E-state index contributed by atoms with van der Waals surface area (Å²) in [5.74, 6) is 8.00. The first-order valence-electron chi connectivity index (χ1n) is 1.49. The van der Waals surface area contributed by atoms with Crippen LogP contribution in [0.2, 0.25) is 0 Å². The molecule has 0 atom stereocenters. The molecular formula is C2H8N2O3S. The van der Waals surface area contributed by atoms with Gasteiger partial charge in [0.15, 0.2) is 0 Å². The van der Waals surface area contributed by atoms with Gasteiger partial charge in [0.2, 0.25) is 0 Å². The lowest BCUT2D eigenvalue weighted by Crippen LogP contribution is -2.02. The molecular weight excluding hydrogens is 132 g/mol. The summed E-state index contributed by atoms with van der Waals surface area (Å²) in [6.45, 7) is 2.79. The lowest BCUT2D eigenvalue weighted by Gasteiger charge is -1.73. The van der Waals surface area contributed by atoms with Gasteiger partial charge in [-0.05, 0) is 0 Å². The summed E-state index contributed by atoms with van der Waals surface area (Å²) < 4.78 is 26.6. The number of hydrazine groups is 1. The molecule has 0 spiro atoms. The lowest BCUT2D eigenvalue weighted by atomic mass is 11.3. The van der Waals surface area contributed by atoms with E-state index in [9.17, 15) is 8.42 Å². The highest BCUT2D eigenvalue weighted by atomic mass is 32.2. The Morgan fingerprint density at radius 2 is 1.62 bits per heavy atom. The molecule has 0 aromatic heterocycles. The van der Waals surface area contributed by atoms with Gasteiger partial charge in [-0.3, -0.25) is 16.2 Å². The van der Waals surface area contributed by atoms with Crippen molar-refractivity contribution in [2.75, 3.05) is 0 Å². The predicted molar refractivity (Wildman–Crippen MR) is 30.1 cm³/mol. The van der Waals surface area contributed by atoms with Gasteiger partial charge in [-0.25, -0.2) is 0 Å². The Hall–Kier alpha value is -0.430. The SMILES string of the molecule is C=CS(=O)(=O)O.NN. The zero-order valence-electron chi connectivity index (χ0n) is 4.11. The molecule has 0 rings (SSSR count). The van der Waals surface area contributed by atoms with Crippen LogP contribution in [0, 0.1) is 0 Å². The summed E-state index contributed by atoms with van der Waals surface area (Å²) in [6, 6.07) is 0. The van der Waals surface area contributed by atoms with Crippen LogP contribution in [-0.4, -0.2) is 13.0 Å². The molecule has 0 aliphatic heterocycles. The van der Waals surface area contributed by atoms with Gasteiger partial charge in [0.25, 0.3) is 10.1 Å². The second-order valence-electron chi connectivity index (χ2n) is 0.682. The zero-order chi connectivity index (χ0) is 7.21. The number of hydrogen-bond acceptors (Lipinski definition) is 4. The van der Waals surface area contributed by atoms with E-state index >= 15 is 0 Å². The van der Waals surface area contributed by atoms with Crippen LogP contribution in [0.25, 0.3) is 0 Å². The zero-order valence-corrected chi connectivity index (χ0v) is 4.93. The van der Waals surface area contributed by atoms with Gasteiger partial charge in [0, 0.05) is 0 Å². The molecule has 0 aliphatic rings. The molecule has 0 saturated heterocycles. The Bertz CT molecular complexity index is 126. The Balaban J connectivity index is 0. The molecule has 8 heavy (non-hydrogen) atoms. The van der Waals surface area contributed by atoms with E-state index in [1.165, 1.54) is 0 Å². The Morgan fingerprint density at radius 3 is 1.62 bits per heavy atom. The quantitative estimate of drug-likeness (QED) is 0.242. The fourth-order valence-corrected chi connectivity index (χ4v) is 0. The fourth-order valence-electron chi connectivity index (χ4n) is 0. The lowest BCUT2D eigenvalue weighted by molar-refractivity contribution is 0.494. The van der Waals surface area contributed by atoms with E-state index in [0.717, 1.165) is 0 Å². The average molecular weight is 140 g/mol. The van der Waals surface area contributed by atoms with Crippen LogP contribution in [0.1, 0.15) is 0 Å². The van der Waals surface area contributed by atoms with Crippen molar-refractivity contribution in [1.29, 1.82) is 0 Å². The molecule has 0 heterocycles. The maximum atomic E-state index is 9.44. The first kappa shape index (κ1) is 10.5. The van der Waals surface area contributed by atoms with Gasteiger partial charge < -0.3 is 0 Å². The van der Waals surface area contributed by atoms with E-state index in [2.05, 4.69) is 18.3 Å². The van der Waals surface area contributed by atoms with Gasteiger partial charge >= 0.3 is 0 Å². The molecule has 0 amide bonds. The molecule has 0 unspecified atom stereocenters. The third-order valence-electron chi connectivity index (χ3n) is 0.211. The van der Waals surface area contributed by atoms with E-state index in [1.807, 2.05) is 0 Å². The summed E-state index contributed by atoms with van der Waals surface area (Å²) in [5, 5.41) is 0.465. The predicted octanol–water partition coefficient (Wildman–Crippen LogP) is -1.16. The molecule has 5 nitrogen and oxygen atoms in total. The average Bonchev–Trinajstić information content (AvgIpc) is 1.71. The van der Waals surface area contributed by atoms with Crippen LogP contribution in [0.15, 0.2) is 12.0 Å². The normalized spacial score (nSPS) is 8.88. The molecule has 50 valence electrons. The van der Waals surface area contributed by atoms with Gasteiger partial charge in [-0.1, -0.05) is 6.58 Å². The molecule has 5 N–H and O–H groups in total. The minimum Gasteiger partial charge on any atom is -0.282 e. The van der Waals surface area contributed by atoms with Crippen molar-refractivity contribution in [2.45, 2.75) is 0 Å². The van der Waals surface area contributed by atoms with Crippen molar-refractivity contribution in [1.82, 2.24) is 0 Å². The number of rotatable bonds is 1. The molecule has 0 radical (unpaired) electrons. The summed E-state index contributed by atoms with van der Waals surface area (Å²) in [4.78, 5) is 0. The third kappa shape index (κ3) is 17.6. The standard InChI is InChI=1S/C2H4O3S.H4N2/c1-2-6(3,4)5;1-2/h2H,1H2,(H,3,4,5);1-2H2. The second-order valence-corrected chi connectivity index (χ2v) is 2.04. The van der Waals surface area contributed by atoms with Crippen molar-refractivity contribution in [3.63, 3.8) is 0 Å². The summed E-state index contributed by atoms with van der Waals surface area (Å²) in [7, 11) is -3.90. The van der Waals surface area contributed by atoms with Crippen molar-refractivity contribution in [2.24, 2.45) is 11.7 Å². The molecule has 0 saturated carbocycles. The topological polar surface area (TPSA) is 106 Å². The van der Waals surface area contributed by atoms with E-state index in [0.29, 0.717) is 5.41 Å². The smallest absolute Gasteiger partial charge is 0.282 e. The second kappa shape index (κ2) is 4.72. The first-order chi connectivity index (χ1) is 3.56. The largest absolute Gasteiger partial charge is 0.287 e. The maximum Gasteiger partial charge on any atom is 0.287 e. The molecule has 0 aromatic rings. The van der Waals surface area contributed by atoms with Gasteiger partial charge in [-0.2, -0.15) is 8.42 Å². The van der Waals surface area contributed by atoms with E-state index in [1.54, 1.807) is 0 Å². The van der Waals surface area contributed by atoms with Crippen LogP contribution in [0.3, 0.4) is 0 Å². The van der Waals surface area contributed by atoms with Crippen molar-refractivity contribution in [3.05, 3.63) is 12.0 Å². The Morgan fingerprint density at radius 1 is 1.50 bits per heavy atom. The monoisotopic (exact) mass is 140 g/mol. The summed E-state index contributed by atoms with van der Waals surface area (Å²) in [5.41, 5.74) is 0. The first-order valence-corrected chi connectivity index (χ1v) is 3.00. The van der Waals surface area contributed by atoms with Gasteiger partial charge in [0.05, 0.1) is 5.41 Å². The minimum absolute atomic E-state index is 0.465. The van der Waals surface area contributed by atoms with E-state index in [4.69, 9.17) is 4.55 Å². The third-order valence-corrected chi connectivity index (χ3v) is 0.632. The van der Waals surface area contributed by atoms with E-state index in [-0.39, 0.29) is 0 Å². The van der Waals surface area contributed by atoms with Crippen LogP contribution in [0.4, 0.5) is 0 Å². The summed E-state index contributed by atoms with van der Waals surface area (Å²) >= 11 is 0. The highest BCUT2D eigenvalue weighted by Gasteiger charge is 1.87. The maximum absolute atomic E-state index is 9.44. The van der Waals surface area contributed by atoms with Gasteiger partial charge in [-0.15, -0.1) is 0 Å². The highest BCUT2D eigenvalue weighted by Crippen LogP contribution is 1.75. The number of hydrogen-bond donors (Lipinski definition) is 3. The molecule has 0 aromatic carbocycles. The van der Waals surface area contributed by atoms with Crippen LogP contribution in [-0.2, 0) is 10.1 Å². The molecule has 6 heteroatoms. The van der Waals surface area contributed by atoms with Crippen molar-refractivity contribution < 1.29 is 13.0 Å². The minimum atomic E-state index is -3.90. The molecule has 0 aliphatic carbocycles. The van der Waals surface area contributed by atoms with Crippen LogP contribution >= 0.6 is 0 Å². The Labute approximate surface area is 47.7 Å². The van der Waals surface area contributed by atoms with Crippen molar-refractivity contribution in [3.8, 4) is 0 Å².